The van der Waals surface area contributed by atoms with E-state index in [4.69, 9.17) is 0 Å². The molecule has 3 rings (SSSR count). The van der Waals surface area contributed by atoms with Gasteiger partial charge >= 0.3 is 0 Å². The van der Waals surface area contributed by atoms with Crippen LogP contribution in [-0.2, 0) is 23.6 Å². The van der Waals surface area contributed by atoms with E-state index < -0.39 is 10.0 Å². The van der Waals surface area contributed by atoms with Crippen LogP contribution >= 0.6 is 0 Å². The Morgan fingerprint density at radius 2 is 2.04 bits per heavy atom. The maximum Gasteiger partial charge on any atom is 0.259 e. The van der Waals surface area contributed by atoms with Gasteiger partial charge < -0.3 is 9.13 Å². The third-order valence-electron chi connectivity index (χ3n) is 3.62. The molecule has 0 spiro atoms. The fraction of sp³-hybridized carbons (Fsp3) is 0.267. The Balaban J connectivity index is 1.68. The highest BCUT2D eigenvalue weighted by molar-refractivity contribution is 7.89. The van der Waals surface area contributed by atoms with E-state index in [1.165, 1.54) is 6.20 Å². The molecule has 0 unspecified atom stereocenters. The molecule has 0 fully saturated rings. The summed E-state index contributed by atoms with van der Waals surface area (Å²) in [6, 6.07) is 5.58. The highest BCUT2D eigenvalue weighted by Gasteiger charge is 2.18. The molecule has 0 saturated heterocycles. The zero-order valence-corrected chi connectivity index (χ0v) is 14.2. The van der Waals surface area contributed by atoms with Crippen LogP contribution in [0.2, 0.25) is 0 Å². The Morgan fingerprint density at radius 3 is 2.71 bits per heavy atom. The van der Waals surface area contributed by atoms with Gasteiger partial charge in [-0.25, -0.2) is 23.1 Å². The normalized spacial score (nSPS) is 11.8. The van der Waals surface area contributed by atoms with Gasteiger partial charge in [-0.15, -0.1) is 0 Å². The van der Waals surface area contributed by atoms with Gasteiger partial charge in [0, 0.05) is 44.9 Å². The highest BCUT2D eigenvalue weighted by atomic mass is 32.2. The van der Waals surface area contributed by atoms with Crippen LogP contribution in [-0.4, -0.2) is 39.0 Å². The highest BCUT2D eigenvalue weighted by Crippen LogP contribution is 2.13. The molecule has 8 nitrogen and oxygen atoms in total. The van der Waals surface area contributed by atoms with Crippen LogP contribution in [0.15, 0.2) is 48.0 Å². The maximum absolute atomic E-state index is 12.3. The van der Waals surface area contributed by atoms with Gasteiger partial charge in [0.15, 0.2) is 10.9 Å². The summed E-state index contributed by atoms with van der Waals surface area (Å²) >= 11 is 0. The fourth-order valence-corrected chi connectivity index (χ4v) is 3.31. The SMILES string of the molecule is Cc1nc(S(=O)(=O)NCCn2ccnc2-c2ccccn2)cn1C. The Labute approximate surface area is 140 Å². The zero-order chi connectivity index (χ0) is 17.2. The molecular weight excluding hydrogens is 328 g/mol. The summed E-state index contributed by atoms with van der Waals surface area (Å²) in [4.78, 5) is 12.6. The number of pyridine rings is 1. The third kappa shape index (κ3) is 3.36. The van der Waals surface area contributed by atoms with E-state index in [0.717, 1.165) is 5.69 Å². The van der Waals surface area contributed by atoms with Gasteiger partial charge in [0.2, 0.25) is 0 Å². The zero-order valence-electron chi connectivity index (χ0n) is 13.4. The van der Waals surface area contributed by atoms with E-state index in [2.05, 4.69) is 19.7 Å². The molecule has 9 heteroatoms. The van der Waals surface area contributed by atoms with Crippen LogP contribution in [0.5, 0.6) is 0 Å². The Morgan fingerprint density at radius 1 is 1.21 bits per heavy atom. The van der Waals surface area contributed by atoms with Crippen molar-refractivity contribution in [2.75, 3.05) is 6.54 Å². The number of sulfonamides is 1. The number of aryl methyl sites for hydroxylation is 2. The Kier molecular flexibility index (Phi) is 4.45. The largest absolute Gasteiger partial charge is 0.337 e. The minimum Gasteiger partial charge on any atom is -0.337 e. The molecule has 0 aliphatic heterocycles. The first-order valence-electron chi connectivity index (χ1n) is 7.39. The van der Waals surface area contributed by atoms with Crippen molar-refractivity contribution in [1.82, 2.24) is 28.8 Å². The van der Waals surface area contributed by atoms with Gasteiger partial charge in [-0.05, 0) is 19.1 Å². The predicted molar refractivity (Wildman–Crippen MR) is 88.6 cm³/mol. The first kappa shape index (κ1) is 16.3. The summed E-state index contributed by atoms with van der Waals surface area (Å²) in [5.74, 6) is 1.34. The lowest BCUT2D eigenvalue weighted by Gasteiger charge is -2.08. The van der Waals surface area contributed by atoms with Gasteiger partial charge in [0.1, 0.15) is 11.5 Å². The lowest BCUT2D eigenvalue weighted by Crippen LogP contribution is -2.27. The summed E-state index contributed by atoms with van der Waals surface area (Å²) in [5.41, 5.74) is 0.741. The van der Waals surface area contributed by atoms with E-state index in [0.29, 0.717) is 18.2 Å². The van der Waals surface area contributed by atoms with Crippen molar-refractivity contribution in [2.45, 2.75) is 18.5 Å². The molecule has 126 valence electrons. The quantitative estimate of drug-likeness (QED) is 0.717. The topological polar surface area (TPSA) is 94.7 Å². The fourth-order valence-electron chi connectivity index (χ4n) is 2.25. The van der Waals surface area contributed by atoms with Gasteiger partial charge in [-0.2, -0.15) is 0 Å². The molecule has 3 aromatic rings. The van der Waals surface area contributed by atoms with Crippen LogP contribution in [0.3, 0.4) is 0 Å². The molecule has 0 bridgehead atoms. The molecule has 24 heavy (non-hydrogen) atoms. The minimum absolute atomic E-state index is 0.0260. The molecule has 0 aliphatic rings. The van der Waals surface area contributed by atoms with E-state index in [1.807, 2.05) is 22.8 Å². The van der Waals surface area contributed by atoms with Gasteiger partial charge in [-0.1, -0.05) is 6.07 Å². The molecule has 0 aromatic carbocycles. The molecule has 3 aromatic heterocycles. The van der Waals surface area contributed by atoms with Crippen LogP contribution in [0.4, 0.5) is 0 Å². The van der Waals surface area contributed by atoms with Crippen LogP contribution in [0.25, 0.3) is 11.5 Å². The van der Waals surface area contributed by atoms with Crippen molar-refractivity contribution in [1.29, 1.82) is 0 Å². The molecule has 1 N–H and O–H groups in total. The van der Waals surface area contributed by atoms with Crippen LogP contribution in [0.1, 0.15) is 5.82 Å². The van der Waals surface area contributed by atoms with Crippen LogP contribution < -0.4 is 4.72 Å². The number of rotatable bonds is 6. The number of aromatic nitrogens is 5. The Hall–Kier alpha value is -2.52. The van der Waals surface area contributed by atoms with Crippen molar-refractivity contribution < 1.29 is 8.42 Å². The third-order valence-corrected chi connectivity index (χ3v) is 4.95. The van der Waals surface area contributed by atoms with Crippen molar-refractivity contribution in [3.8, 4) is 11.5 Å². The molecule has 0 atom stereocenters. The summed E-state index contributed by atoms with van der Waals surface area (Å²) in [7, 11) is -1.87. The summed E-state index contributed by atoms with van der Waals surface area (Å²) in [6.07, 6.45) is 6.65. The lowest BCUT2D eigenvalue weighted by molar-refractivity contribution is 0.570. The van der Waals surface area contributed by atoms with Crippen LogP contribution in [0, 0.1) is 6.92 Å². The average molecular weight is 346 g/mol. The summed E-state index contributed by atoms with van der Waals surface area (Å²) < 4.78 is 30.6. The van der Waals surface area contributed by atoms with E-state index in [9.17, 15) is 8.42 Å². The number of imidazole rings is 2. The Bertz CT molecular complexity index is 911. The summed E-state index contributed by atoms with van der Waals surface area (Å²) in [6.45, 7) is 2.43. The number of nitrogens with one attached hydrogen (secondary N) is 1. The van der Waals surface area contributed by atoms with E-state index in [1.54, 1.807) is 37.1 Å². The minimum atomic E-state index is -3.62. The van der Waals surface area contributed by atoms with Gasteiger partial charge in [0.05, 0.1) is 0 Å². The van der Waals surface area contributed by atoms with Crippen molar-refractivity contribution in [2.24, 2.45) is 7.05 Å². The average Bonchev–Trinajstić information content (AvgIpc) is 3.16. The van der Waals surface area contributed by atoms with Crippen molar-refractivity contribution in [3.63, 3.8) is 0 Å². The number of nitrogens with zero attached hydrogens (tertiary/aromatic N) is 5. The number of hydrogen-bond donors (Lipinski definition) is 1. The maximum atomic E-state index is 12.3. The standard InChI is InChI=1S/C15H18N6O2S/c1-12-19-14(11-20(12)2)24(22,23)18-8-10-21-9-7-17-15(21)13-5-3-4-6-16-13/h3-7,9,11,18H,8,10H2,1-2H3. The van der Waals surface area contributed by atoms with E-state index >= 15 is 0 Å². The van der Waals surface area contributed by atoms with E-state index in [-0.39, 0.29) is 11.6 Å². The first-order chi connectivity index (χ1) is 11.5. The molecule has 3 heterocycles. The lowest BCUT2D eigenvalue weighted by atomic mass is 10.3. The molecule has 0 amide bonds. The molecule has 0 saturated carbocycles. The number of hydrogen-bond acceptors (Lipinski definition) is 5. The second kappa shape index (κ2) is 6.54. The second-order valence-electron chi connectivity index (χ2n) is 5.29. The molecular formula is C15H18N6O2S. The van der Waals surface area contributed by atoms with Crippen molar-refractivity contribution in [3.05, 3.63) is 48.8 Å². The molecule has 0 aliphatic carbocycles. The monoisotopic (exact) mass is 346 g/mol. The van der Waals surface area contributed by atoms with Gasteiger partial charge in [-0.3, -0.25) is 4.98 Å². The smallest absolute Gasteiger partial charge is 0.259 e. The predicted octanol–water partition coefficient (Wildman–Crippen LogP) is 0.966. The first-order valence-corrected chi connectivity index (χ1v) is 8.88. The molecule has 0 radical (unpaired) electrons. The van der Waals surface area contributed by atoms with Crippen molar-refractivity contribution >= 4 is 10.0 Å². The van der Waals surface area contributed by atoms with Gasteiger partial charge in [0.25, 0.3) is 10.0 Å². The second-order valence-corrected chi connectivity index (χ2v) is 7.01. The summed E-state index contributed by atoms with van der Waals surface area (Å²) in [5, 5.41) is 0.0260.